The zero-order valence-electron chi connectivity index (χ0n) is 19.5. The van der Waals surface area contributed by atoms with E-state index in [9.17, 15) is 13.2 Å². The van der Waals surface area contributed by atoms with Gasteiger partial charge in [-0.05, 0) is 83.4 Å². The summed E-state index contributed by atoms with van der Waals surface area (Å²) in [5, 5.41) is 3.00. The fourth-order valence-electron chi connectivity index (χ4n) is 4.80. The van der Waals surface area contributed by atoms with Gasteiger partial charge in [-0.1, -0.05) is 12.1 Å². The molecule has 2 aliphatic rings. The molecule has 0 radical (unpaired) electrons. The predicted octanol–water partition coefficient (Wildman–Crippen LogP) is 3.06. The molecule has 1 aromatic carbocycles. The van der Waals surface area contributed by atoms with E-state index in [1.807, 2.05) is 12.1 Å². The Hall–Kier alpha value is -1.48. The largest absolute Gasteiger partial charge is 0.486 e. The van der Waals surface area contributed by atoms with Crippen LogP contribution in [0, 0.1) is 6.92 Å². The Morgan fingerprint density at radius 2 is 1.94 bits per heavy atom. The van der Waals surface area contributed by atoms with Gasteiger partial charge in [-0.2, -0.15) is 0 Å². The van der Waals surface area contributed by atoms with E-state index in [0.29, 0.717) is 12.5 Å². The number of nitrogens with one attached hydrogen (secondary N) is 2. The summed E-state index contributed by atoms with van der Waals surface area (Å²) in [6.45, 7) is 6.97. The van der Waals surface area contributed by atoms with Crippen molar-refractivity contribution in [1.82, 2.24) is 10.0 Å². The SMILES string of the molecule is Cc1cccc(OCC=O)c1C1CCC(OC[C@@H]2NCCC[C@@H]2NS(=O)(=O)C(C)C)CC1. The number of aldehydes is 1. The summed E-state index contributed by atoms with van der Waals surface area (Å²) in [4.78, 5) is 10.7. The molecular formula is C24H38N2O5S. The minimum absolute atomic E-state index is 0.00490. The van der Waals surface area contributed by atoms with Gasteiger partial charge in [0.05, 0.1) is 18.0 Å². The highest BCUT2D eigenvalue weighted by Gasteiger charge is 2.32. The molecule has 0 bridgehead atoms. The number of sulfonamides is 1. The lowest BCUT2D eigenvalue weighted by Gasteiger charge is -2.36. The number of benzene rings is 1. The predicted molar refractivity (Wildman–Crippen MR) is 126 cm³/mol. The third kappa shape index (κ3) is 6.53. The van der Waals surface area contributed by atoms with Gasteiger partial charge in [0.2, 0.25) is 10.0 Å². The van der Waals surface area contributed by atoms with Crippen LogP contribution in [0.15, 0.2) is 18.2 Å². The molecule has 1 aliphatic carbocycles. The van der Waals surface area contributed by atoms with E-state index in [2.05, 4.69) is 23.0 Å². The zero-order valence-corrected chi connectivity index (χ0v) is 20.3. The van der Waals surface area contributed by atoms with Crippen LogP contribution in [0.4, 0.5) is 0 Å². The smallest absolute Gasteiger partial charge is 0.214 e. The number of carbonyl (C=O) groups excluding carboxylic acids is 1. The molecule has 0 spiro atoms. The van der Waals surface area contributed by atoms with Crippen LogP contribution in [0.2, 0.25) is 0 Å². The molecule has 1 saturated carbocycles. The molecule has 3 rings (SSSR count). The summed E-state index contributed by atoms with van der Waals surface area (Å²) in [5.41, 5.74) is 2.41. The first-order valence-electron chi connectivity index (χ1n) is 11.8. The summed E-state index contributed by atoms with van der Waals surface area (Å²) in [6.07, 6.45) is 6.69. The highest BCUT2D eigenvalue weighted by Crippen LogP contribution is 2.40. The number of rotatable bonds is 10. The molecule has 2 atom stereocenters. The minimum Gasteiger partial charge on any atom is -0.486 e. The van der Waals surface area contributed by atoms with Gasteiger partial charge in [-0.25, -0.2) is 13.1 Å². The fourth-order valence-corrected chi connectivity index (χ4v) is 5.78. The van der Waals surface area contributed by atoms with Crippen LogP contribution < -0.4 is 14.8 Å². The van der Waals surface area contributed by atoms with Crippen LogP contribution in [0.1, 0.15) is 69.4 Å². The average molecular weight is 467 g/mol. The average Bonchev–Trinajstić information content (AvgIpc) is 2.77. The molecule has 2 N–H and O–H groups in total. The second-order valence-corrected chi connectivity index (χ2v) is 11.6. The fraction of sp³-hybridized carbons (Fsp3) is 0.708. The molecule has 0 amide bonds. The van der Waals surface area contributed by atoms with Crippen LogP contribution in [0.3, 0.4) is 0 Å². The lowest BCUT2D eigenvalue weighted by molar-refractivity contribution is -0.109. The molecule has 0 unspecified atom stereocenters. The van der Waals surface area contributed by atoms with Gasteiger partial charge in [-0.3, -0.25) is 4.79 Å². The van der Waals surface area contributed by atoms with Gasteiger partial charge in [0.15, 0.2) is 6.29 Å². The number of aryl methyl sites for hydroxylation is 1. The first kappa shape index (κ1) is 25.1. The molecule has 32 heavy (non-hydrogen) atoms. The zero-order chi connectivity index (χ0) is 23.1. The summed E-state index contributed by atoms with van der Waals surface area (Å²) in [7, 11) is -3.31. The number of ether oxygens (including phenoxy) is 2. The van der Waals surface area contributed by atoms with Crippen molar-refractivity contribution in [1.29, 1.82) is 0 Å². The van der Waals surface area contributed by atoms with Gasteiger partial charge >= 0.3 is 0 Å². The lowest BCUT2D eigenvalue weighted by atomic mass is 9.80. The van der Waals surface area contributed by atoms with Crippen molar-refractivity contribution < 1.29 is 22.7 Å². The van der Waals surface area contributed by atoms with E-state index in [1.165, 1.54) is 11.1 Å². The van der Waals surface area contributed by atoms with Crippen molar-refractivity contribution in [2.24, 2.45) is 0 Å². The molecule has 0 aromatic heterocycles. The Bertz CT molecular complexity index is 850. The number of carbonyl (C=O) groups is 1. The first-order chi connectivity index (χ1) is 15.3. The molecule has 180 valence electrons. The van der Waals surface area contributed by atoms with Crippen molar-refractivity contribution in [3.63, 3.8) is 0 Å². The van der Waals surface area contributed by atoms with Gasteiger partial charge in [0, 0.05) is 17.6 Å². The molecule has 1 heterocycles. The first-order valence-corrected chi connectivity index (χ1v) is 13.4. The second-order valence-electron chi connectivity index (χ2n) is 9.29. The Balaban J connectivity index is 1.53. The van der Waals surface area contributed by atoms with Gasteiger partial charge in [0.25, 0.3) is 0 Å². The third-order valence-corrected chi connectivity index (χ3v) is 8.58. The Kier molecular flexibility index (Phi) is 9.11. The number of hydrogen-bond donors (Lipinski definition) is 2. The molecule has 8 heteroatoms. The number of piperidine rings is 1. The Morgan fingerprint density at radius 3 is 2.62 bits per heavy atom. The van der Waals surface area contributed by atoms with Crippen LogP contribution in [0.5, 0.6) is 5.75 Å². The maximum atomic E-state index is 12.3. The van der Waals surface area contributed by atoms with E-state index in [0.717, 1.165) is 57.1 Å². The highest BCUT2D eigenvalue weighted by molar-refractivity contribution is 7.90. The maximum Gasteiger partial charge on any atom is 0.214 e. The quantitative estimate of drug-likeness (QED) is 0.515. The summed E-state index contributed by atoms with van der Waals surface area (Å²) < 4.78 is 39.5. The van der Waals surface area contributed by atoms with E-state index in [-0.39, 0.29) is 24.8 Å². The van der Waals surface area contributed by atoms with Crippen LogP contribution in [-0.2, 0) is 19.6 Å². The Morgan fingerprint density at radius 1 is 1.19 bits per heavy atom. The summed E-state index contributed by atoms with van der Waals surface area (Å²) in [5.74, 6) is 1.21. The summed E-state index contributed by atoms with van der Waals surface area (Å²) >= 11 is 0. The molecule has 1 saturated heterocycles. The van der Waals surface area contributed by atoms with Crippen molar-refractivity contribution >= 4 is 16.3 Å². The lowest BCUT2D eigenvalue weighted by Crippen LogP contribution is -2.56. The van der Waals surface area contributed by atoms with Gasteiger partial charge in [0.1, 0.15) is 12.4 Å². The van der Waals surface area contributed by atoms with Crippen molar-refractivity contribution in [3.8, 4) is 5.75 Å². The van der Waals surface area contributed by atoms with Crippen LogP contribution >= 0.6 is 0 Å². The monoisotopic (exact) mass is 466 g/mol. The van der Waals surface area contributed by atoms with E-state index in [4.69, 9.17) is 9.47 Å². The van der Waals surface area contributed by atoms with E-state index >= 15 is 0 Å². The molecule has 7 nitrogen and oxygen atoms in total. The van der Waals surface area contributed by atoms with E-state index in [1.54, 1.807) is 13.8 Å². The maximum absolute atomic E-state index is 12.3. The summed E-state index contributed by atoms with van der Waals surface area (Å²) in [6, 6.07) is 5.88. The topological polar surface area (TPSA) is 93.7 Å². The molecule has 1 aromatic rings. The Labute approximate surface area is 192 Å². The van der Waals surface area contributed by atoms with E-state index < -0.39 is 15.3 Å². The van der Waals surface area contributed by atoms with Crippen LogP contribution in [0.25, 0.3) is 0 Å². The van der Waals surface area contributed by atoms with Crippen molar-refractivity contribution in [3.05, 3.63) is 29.3 Å². The molecule has 1 aliphatic heterocycles. The number of hydrogen-bond acceptors (Lipinski definition) is 6. The van der Waals surface area contributed by atoms with Crippen molar-refractivity contribution in [2.75, 3.05) is 19.8 Å². The van der Waals surface area contributed by atoms with Crippen LogP contribution in [-0.4, -0.2) is 57.9 Å². The van der Waals surface area contributed by atoms with Gasteiger partial charge in [-0.15, -0.1) is 0 Å². The highest BCUT2D eigenvalue weighted by atomic mass is 32.2. The minimum atomic E-state index is -3.31. The molecular weight excluding hydrogens is 428 g/mol. The normalized spacial score (nSPS) is 26.8. The molecule has 2 fully saturated rings. The van der Waals surface area contributed by atoms with Crippen molar-refractivity contribution in [2.45, 2.75) is 88.7 Å². The second kappa shape index (κ2) is 11.6. The van der Waals surface area contributed by atoms with Gasteiger partial charge < -0.3 is 14.8 Å². The third-order valence-electron chi connectivity index (χ3n) is 6.71. The standard InChI is InChI=1S/C24H38N2O5S/c1-17(2)32(28,29)26-21-7-5-13-25-22(21)16-31-20-11-9-19(10-12-20)24-18(3)6-4-8-23(24)30-15-14-27/h4,6,8,14,17,19-22,25-26H,5,7,9-13,15-16H2,1-3H3/t19?,20?,21-,22-/m0/s1.